The first-order chi connectivity index (χ1) is 5.91. The second-order valence-corrected chi connectivity index (χ2v) is 6.24. The van der Waals surface area contributed by atoms with Gasteiger partial charge in [-0.1, -0.05) is 0 Å². The second-order valence-electron chi connectivity index (χ2n) is 4.24. The van der Waals surface area contributed by atoms with Crippen LogP contribution in [0.3, 0.4) is 0 Å². The van der Waals surface area contributed by atoms with Crippen LogP contribution in [0.15, 0.2) is 0 Å². The van der Waals surface area contributed by atoms with Gasteiger partial charge in [-0.25, -0.2) is 0 Å². The minimum Gasteiger partial charge on any atom is -0.267 e. The average Bonchev–Trinajstić information content (AvgIpc) is 1.80. The Bertz CT molecular complexity index is 102. The summed E-state index contributed by atoms with van der Waals surface area (Å²) in [5, 5.41) is 0. The Balaban J connectivity index is 3.87. The molecule has 0 aliphatic rings. The van der Waals surface area contributed by atoms with Crippen LogP contribution in [0.25, 0.3) is 0 Å². The molecule has 0 spiro atoms. The molecule has 0 amide bonds. The molecule has 3 nitrogen and oxygen atoms in total. The molecule has 0 aliphatic carbocycles. The minimum absolute atomic E-state index is 0.463. The molecule has 0 aromatic carbocycles. The number of hydrogen-bond donors (Lipinski definition) is 0. The predicted octanol–water partition coefficient (Wildman–Crippen LogP) is 0.162. The van der Waals surface area contributed by atoms with Gasteiger partial charge in [0.25, 0.3) is 0 Å². The summed E-state index contributed by atoms with van der Waals surface area (Å²) in [6.07, 6.45) is 0. The minimum atomic E-state index is 0.463. The molecule has 0 bridgehead atoms. The molecule has 0 rings (SSSR count). The van der Waals surface area contributed by atoms with Gasteiger partial charge in [0.05, 0.1) is 0 Å². The van der Waals surface area contributed by atoms with Gasteiger partial charge in [-0.3, -0.25) is 14.7 Å². The molecule has 0 aromatic heterocycles. The molecular weight excluding hydrogens is 182 g/mol. The smallest absolute Gasteiger partial charge is 0.164 e. The summed E-state index contributed by atoms with van der Waals surface area (Å²) >= 11 is 0. The lowest BCUT2D eigenvalue weighted by molar-refractivity contribution is 0.442. The van der Waals surface area contributed by atoms with Gasteiger partial charge in [0.15, 0.2) is 17.6 Å². The van der Waals surface area contributed by atoms with E-state index < -0.39 is 0 Å². The van der Waals surface area contributed by atoms with Crippen molar-refractivity contribution in [1.29, 1.82) is 0 Å². The van der Waals surface area contributed by atoms with E-state index in [9.17, 15) is 0 Å². The highest BCUT2D eigenvalue weighted by Gasteiger charge is 2.20. The Morgan fingerprint density at radius 3 is 1.00 bits per heavy atom. The van der Waals surface area contributed by atoms with Crippen LogP contribution in [0.2, 0.25) is 0 Å². The summed E-state index contributed by atoms with van der Waals surface area (Å²) in [6.45, 7) is 0. The van der Waals surface area contributed by atoms with Gasteiger partial charge >= 0.3 is 0 Å². The third kappa shape index (κ3) is 8.56. The van der Waals surface area contributed by atoms with Crippen LogP contribution < -0.4 is 0 Å². The SMILES string of the molecule is CN(C)C[S+](CN(C)C)CN(C)C. The molecule has 4 heteroatoms. The van der Waals surface area contributed by atoms with E-state index in [-0.39, 0.29) is 0 Å². The van der Waals surface area contributed by atoms with Crippen LogP contribution in [0, 0.1) is 0 Å². The van der Waals surface area contributed by atoms with Crippen LogP contribution in [0.5, 0.6) is 0 Å². The first-order valence-corrected chi connectivity index (χ1v) is 6.23. The first kappa shape index (κ1) is 13.2. The highest BCUT2D eigenvalue weighted by molar-refractivity contribution is 7.96. The van der Waals surface area contributed by atoms with Gasteiger partial charge in [-0.15, -0.1) is 0 Å². The molecule has 0 saturated heterocycles. The maximum absolute atomic E-state index is 2.27. The number of nitrogens with zero attached hydrogens (tertiary/aromatic N) is 3. The molecule has 13 heavy (non-hydrogen) atoms. The fraction of sp³-hybridized carbons (Fsp3) is 1.00. The zero-order chi connectivity index (χ0) is 10.4. The van der Waals surface area contributed by atoms with Crippen molar-refractivity contribution in [3.8, 4) is 0 Å². The van der Waals surface area contributed by atoms with Crippen molar-refractivity contribution in [3.63, 3.8) is 0 Å². The van der Waals surface area contributed by atoms with Gasteiger partial charge in [0, 0.05) is 10.9 Å². The highest BCUT2D eigenvalue weighted by atomic mass is 32.2. The molecule has 0 fully saturated rings. The van der Waals surface area contributed by atoms with E-state index in [0.717, 1.165) is 0 Å². The zero-order valence-corrected chi connectivity index (χ0v) is 10.7. The van der Waals surface area contributed by atoms with Crippen molar-refractivity contribution in [2.24, 2.45) is 0 Å². The fourth-order valence-corrected chi connectivity index (χ4v) is 3.65. The molecule has 80 valence electrons. The van der Waals surface area contributed by atoms with E-state index >= 15 is 0 Å². The standard InChI is InChI=1S/C9H24N3S/c1-10(2)7-13(8-11(3)4)9-12(5)6/h7-9H2,1-6H3/q+1. The lowest BCUT2D eigenvalue weighted by atomic mass is 11.0. The van der Waals surface area contributed by atoms with E-state index in [2.05, 4.69) is 57.0 Å². The number of rotatable bonds is 6. The van der Waals surface area contributed by atoms with Crippen LogP contribution >= 0.6 is 0 Å². The Morgan fingerprint density at radius 1 is 0.615 bits per heavy atom. The molecule has 0 radical (unpaired) electrons. The largest absolute Gasteiger partial charge is 0.267 e. The molecular formula is C9H24N3S+. The quantitative estimate of drug-likeness (QED) is 0.573. The summed E-state index contributed by atoms with van der Waals surface area (Å²) in [5.41, 5.74) is 0. The van der Waals surface area contributed by atoms with Crippen molar-refractivity contribution in [2.45, 2.75) is 0 Å². The van der Waals surface area contributed by atoms with Gasteiger partial charge in [-0.05, 0) is 42.3 Å². The summed E-state index contributed by atoms with van der Waals surface area (Å²) in [7, 11) is 13.3. The maximum atomic E-state index is 2.27. The van der Waals surface area contributed by atoms with E-state index in [1.54, 1.807) is 0 Å². The number of hydrogen-bond acceptors (Lipinski definition) is 3. The summed E-state index contributed by atoms with van der Waals surface area (Å²) in [6, 6.07) is 0. The van der Waals surface area contributed by atoms with E-state index in [1.165, 1.54) is 17.6 Å². The second kappa shape index (κ2) is 6.65. The Kier molecular flexibility index (Phi) is 6.77. The predicted molar refractivity (Wildman–Crippen MR) is 63.0 cm³/mol. The highest BCUT2D eigenvalue weighted by Crippen LogP contribution is 2.01. The summed E-state index contributed by atoms with van der Waals surface area (Å²) < 4.78 is 0. The zero-order valence-electron chi connectivity index (χ0n) is 9.87. The summed E-state index contributed by atoms with van der Waals surface area (Å²) in [4.78, 5) is 6.82. The Morgan fingerprint density at radius 2 is 0.846 bits per heavy atom. The lowest BCUT2D eigenvalue weighted by Crippen LogP contribution is -2.36. The normalized spacial score (nSPS) is 12.5. The molecule has 0 saturated carbocycles. The van der Waals surface area contributed by atoms with Crippen molar-refractivity contribution >= 4 is 10.9 Å². The third-order valence-electron chi connectivity index (χ3n) is 1.32. The van der Waals surface area contributed by atoms with Crippen molar-refractivity contribution in [1.82, 2.24) is 14.7 Å². The van der Waals surface area contributed by atoms with Crippen molar-refractivity contribution in [2.75, 3.05) is 59.9 Å². The molecule has 0 unspecified atom stereocenters. The van der Waals surface area contributed by atoms with Crippen LogP contribution in [-0.2, 0) is 10.9 Å². The average molecular weight is 206 g/mol. The maximum Gasteiger partial charge on any atom is 0.164 e. The van der Waals surface area contributed by atoms with Crippen LogP contribution in [0.4, 0.5) is 0 Å². The summed E-state index contributed by atoms with van der Waals surface area (Å²) in [5.74, 6) is 3.57. The Hall–Kier alpha value is 0.230. The Labute approximate surface area is 86.0 Å². The topological polar surface area (TPSA) is 9.72 Å². The van der Waals surface area contributed by atoms with Gasteiger partial charge < -0.3 is 0 Å². The lowest BCUT2D eigenvalue weighted by Gasteiger charge is -2.19. The van der Waals surface area contributed by atoms with E-state index in [4.69, 9.17) is 0 Å². The van der Waals surface area contributed by atoms with E-state index in [0.29, 0.717) is 10.9 Å². The van der Waals surface area contributed by atoms with Gasteiger partial charge in [-0.2, -0.15) is 0 Å². The van der Waals surface area contributed by atoms with Crippen molar-refractivity contribution in [3.05, 3.63) is 0 Å². The third-order valence-corrected chi connectivity index (χ3v) is 3.97. The molecule has 0 aliphatic heterocycles. The molecule has 0 atom stereocenters. The van der Waals surface area contributed by atoms with Crippen LogP contribution in [0.1, 0.15) is 0 Å². The van der Waals surface area contributed by atoms with Gasteiger partial charge in [0.1, 0.15) is 0 Å². The van der Waals surface area contributed by atoms with Gasteiger partial charge in [0.2, 0.25) is 0 Å². The van der Waals surface area contributed by atoms with Crippen LogP contribution in [-0.4, -0.2) is 74.6 Å². The molecule has 0 heterocycles. The van der Waals surface area contributed by atoms with Crippen molar-refractivity contribution < 1.29 is 0 Å². The fourth-order valence-electron chi connectivity index (χ4n) is 1.22. The monoisotopic (exact) mass is 206 g/mol. The molecule has 0 aromatic rings. The van der Waals surface area contributed by atoms with E-state index in [1.807, 2.05) is 0 Å². The first-order valence-electron chi connectivity index (χ1n) is 4.50. The molecule has 0 N–H and O–H groups in total.